The number of benzene rings is 2. The average Bonchev–Trinajstić information content (AvgIpc) is 2.54. The van der Waals surface area contributed by atoms with E-state index in [1.807, 2.05) is 30.3 Å². The van der Waals surface area contributed by atoms with Crippen LogP contribution in [0.4, 0.5) is 0 Å². The van der Waals surface area contributed by atoms with Crippen LogP contribution in [0, 0.1) is 0 Å². The van der Waals surface area contributed by atoms with E-state index in [4.69, 9.17) is 21.1 Å². The molecule has 2 aromatic carbocycles. The monoisotopic (exact) mass is 330 g/mol. The summed E-state index contributed by atoms with van der Waals surface area (Å²) in [5.41, 5.74) is 0.787. The Balaban J connectivity index is 1.96. The Kier molecular flexibility index (Phi) is 4.35. The van der Waals surface area contributed by atoms with Crippen LogP contribution in [0.15, 0.2) is 48.2 Å². The van der Waals surface area contributed by atoms with Crippen molar-refractivity contribution in [2.45, 2.75) is 19.4 Å². The lowest BCUT2D eigenvalue weighted by Crippen LogP contribution is -2.23. The zero-order chi connectivity index (χ0) is 16.4. The fraction of sp³-hybridized carbons (Fsp3) is 0.222. The molecule has 1 atom stereocenters. The topological polar surface area (TPSA) is 52.6 Å². The van der Waals surface area contributed by atoms with Gasteiger partial charge in [-0.3, -0.25) is 4.79 Å². The summed E-state index contributed by atoms with van der Waals surface area (Å²) in [6, 6.07) is 11.4. The zero-order valence-corrected chi connectivity index (χ0v) is 13.3. The minimum absolute atomic E-state index is 0.0468. The van der Waals surface area contributed by atoms with Gasteiger partial charge in [-0.15, -0.1) is 0 Å². The third-order valence-electron chi connectivity index (χ3n) is 3.75. The van der Waals surface area contributed by atoms with Gasteiger partial charge < -0.3 is 9.47 Å². The maximum absolute atomic E-state index is 12.2. The molecule has 1 heterocycles. The SMILES string of the molecule is CCOC(=O)C1=CO[C@H](c2cccc3cccc(Cl)c23)CC1=O. The third-order valence-corrected chi connectivity index (χ3v) is 4.06. The molecule has 0 saturated carbocycles. The molecule has 0 spiro atoms. The molecular weight excluding hydrogens is 316 g/mol. The van der Waals surface area contributed by atoms with Crippen molar-refractivity contribution < 1.29 is 19.1 Å². The first-order valence-electron chi connectivity index (χ1n) is 7.35. The molecule has 4 nitrogen and oxygen atoms in total. The van der Waals surface area contributed by atoms with E-state index < -0.39 is 12.1 Å². The smallest absolute Gasteiger partial charge is 0.344 e. The number of carbonyl (C=O) groups is 2. The molecule has 3 rings (SSSR count). The minimum atomic E-state index is -0.646. The number of Topliss-reactive ketones (excluding diaryl/α,β-unsaturated/α-hetero) is 1. The molecule has 118 valence electrons. The summed E-state index contributed by atoms with van der Waals surface area (Å²) in [6.45, 7) is 1.90. The maximum Gasteiger partial charge on any atom is 0.344 e. The highest BCUT2D eigenvalue weighted by Gasteiger charge is 2.30. The van der Waals surface area contributed by atoms with Gasteiger partial charge in [-0.2, -0.15) is 0 Å². The largest absolute Gasteiger partial charge is 0.492 e. The van der Waals surface area contributed by atoms with Crippen LogP contribution in [-0.4, -0.2) is 18.4 Å². The highest BCUT2D eigenvalue weighted by molar-refractivity contribution is 6.35. The van der Waals surface area contributed by atoms with Crippen LogP contribution in [0.2, 0.25) is 5.02 Å². The van der Waals surface area contributed by atoms with E-state index in [2.05, 4.69) is 0 Å². The number of carbonyl (C=O) groups excluding carboxylic acids is 2. The number of hydrogen-bond acceptors (Lipinski definition) is 4. The molecule has 0 saturated heterocycles. The lowest BCUT2D eigenvalue weighted by Gasteiger charge is -2.23. The molecule has 0 aromatic heterocycles. The van der Waals surface area contributed by atoms with E-state index in [0.29, 0.717) is 5.02 Å². The van der Waals surface area contributed by atoms with Crippen LogP contribution < -0.4 is 0 Å². The van der Waals surface area contributed by atoms with Gasteiger partial charge in [-0.1, -0.05) is 41.9 Å². The first kappa shape index (κ1) is 15.6. The van der Waals surface area contributed by atoms with Crippen LogP contribution >= 0.6 is 11.6 Å². The summed E-state index contributed by atoms with van der Waals surface area (Å²) in [5, 5.41) is 2.45. The molecule has 0 bridgehead atoms. The normalized spacial score (nSPS) is 17.6. The second-order valence-corrected chi connectivity index (χ2v) is 5.60. The lowest BCUT2D eigenvalue weighted by molar-refractivity contribution is -0.141. The zero-order valence-electron chi connectivity index (χ0n) is 12.5. The van der Waals surface area contributed by atoms with Gasteiger partial charge in [0.15, 0.2) is 5.78 Å². The molecule has 0 N–H and O–H groups in total. The lowest BCUT2D eigenvalue weighted by atomic mass is 9.94. The fourth-order valence-corrected chi connectivity index (χ4v) is 2.98. The van der Waals surface area contributed by atoms with Crippen LogP contribution in [0.3, 0.4) is 0 Å². The quantitative estimate of drug-likeness (QED) is 0.631. The van der Waals surface area contributed by atoms with Gasteiger partial charge in [-0.25, -0.2) is 4.79 Å². The second-order valence-electron chi connectivity index (χ2n) is 5.19. The van der Waals surface area contributed by atoms with Gasteiger partial charge in [0.25, 0.3) is 0 Å². The molecule has 1 aliphatic heterocycles. The van der Waals surface area contributed by atoms with Gasteiger partial charge in [0.1, 0.15) is 17.9 Å². The maximum atomic E-state index is 12.2. The molecular formula is C18H15ClO4. The highest BCUT2D eigenvalue weighted by atomic mass is 35.5. The summed E-state index contributed by atoms with van der Waals surface area (Å²) >= 11 is 6.31. The van der Waals surface area contributed by atoms with E-state index in [9.17, 15) is 9.59 Å². The average molecular weight is 331 g/mol. The Morgan fingerprint density at radius 2 is 2.04 bits per heavy atom. The molecule has 0 amide bonds. The van der Waals surface area contributed by atoms with E-state index in [1.165, 1.54) is 6.26 Å². The second kappa shape index (κ2) is 6.42. The number of fused-ring (bicyclic) bond motifs is 1. The molecule has 0 fully saturated rings. The van der Waals surface area contributed by atoms with Gasteiger partial charge in [-0.05, 0) is 18.4 Å². The third kappa shape index (κ3) is 2.94. The van der Waals surface area contributed by atoms with Crippen molar-refractivity contribution in [3.05, 3.63) is 58.8 Å². The fourth-order valence-electron chi connectivity index (χ4n) is 2.69. The Hall–Kier alpha value is -2.33. The van der Waals surface area contributed by atoms with Gasteiger partial charge in [0.2, 0.25) is 0 Å². The van der Waals surface area contributed by atoms with Crippen LogP contribution in [-0.2, 0) is 19.1 Å². The molecule has 5 heteroatoms. The van der Waals surface area contributed by atoms with Crippen LogP contribution in [0.5, 0.6) is 0 Å². The summed E-state index contributed by atoms with van der Waals surface area (Å²) in [6.07, 6.45) is 0.809. The van der Waals surface area contributed by atoms with Crippen molar-refractivity contribution in [3.8, 4) is 0 Å². The summed E-state index contributed by atoms with van der Waals surface area (Å²) in [4.78, 5) is 23.9. The van der Waals surface area contributed by atoms with Gasteiger partial charge in [0, 0.05) is 16.0 Å². The van der Waals surface area contributed by atoms with Crippen molar-refractivity contribution in [2.75, 3.05) is 6.61 Å². The number of ether oxygens (including phenoxy) is 2. The molecule has 23 heavy (non-hydrogen) atoms. The van der Waals surface area contributed by atoms with E-state index in [0.717, 1.165) is 16.3 Å². The van der Waals surface area contributed by atoms with Gasteiger partial charge in [0.05, 0.1) is 13.0 Å². The number of halogens is 1. The highest BCUT2D eigenvalue weighted by Crippen LogP contribution is 2.36. The Bertz CT molecular complexity index is 805. The minimum Gasteiger partial charge on any atom is -0.492 e. The summed E-state index contributed by atoms with van der Waals surface area (Å²) in [5.74, 6) is -0.935. The van der Waals surface area contributed by atoms with Crippen molar-refractivity contribution in [3.63, 3.8) is 0 Å². The molecule has 1 aliphatic rings. The van der Waals surface area contributed by atoms with Crippen LogP contribution in [0.25, 0.3) is 10.8 Å². The van der Waals surface area contributed by atoms with Crippen molar-refractivity contribution in [2.24, 2.45) is 0 Å². The van der Waals surface area contributed by atoms with E-state index in [-0.39, 0.29) is 24.4 Å². The number of ketones is 1. The molecule has 0 aliphatic carbocycles. The Morgan fingerprint density at radius 3 is 2.74 bits per heavy atom. The van der Waals surface area contributed by atoms with Crippen molar-refractivity contribution in [1.82, 2.24) is 0 Å². The summed E-state index contributed by atoms with van der Waals surface area (Å²) < 4.78 is 10.5. The van der Waals surface area contributed by atoms with Crippen molar-refractivity contribution >= 4 is 34.1 Å². The molecule has 0 unspecified atom stereocenters. The standard InChI is InChI=1S/C18H15ClO4/c1-2-22-18(21)13-10-23-16(9-15(13)20)12-7-3-5-11-6-4-8-14(19)17(11)12/h3-8,10,16H,2,9H2,1H3/t16-/m0/s1. The predicted octanol–water partition coefficient (Wildman–Crippen LogP) is 3.97. The molecule has 0 radical (unpaired) electrons. The predicted molar refractivity (Wildman–Crippen MR) is 87.1 cm³/mol. The van der Waals surface area contributed by atoms with Gasteiger partial charge >= 0.3 is 5.97 Å². The Labute approximate surface area is 138 Å². The number of hydrogen-bond donors (Lipinski definition) is 0. The number of esters is 1. The first-order chi connectivity index (χ1) is 11.1. The Morgan fingerprint density at radius 1 is 1.30 bits per heavy atom. The molecule has 2 aromatic rings. The first-order valence-corrected chi connectivity index (χ1v) is 7.72. The van der Waals surface area contributed by atoms with Crippen molar-refractivity contribution in [1.29, 1.82) is 0 Å². The van der Waals surface area contributed by atoms with Crippen LogP contribution in [0.1, 0.15) is 25.0 Å². The number of rotatable bonds is 3. The van der Waals surface area contributed by atoms with E-state index >= 15 is 0 Å². The van der Waals surface area contributed by atoms with E-state index in [1.54, 1.807) is 13.0 Å². The summed E-state index contributed by atoms with van der Waals surface area (Å²) in [7, 11) is 0.